The highest BCUT2D eigenvalue weighted by atomic mass is 16.1. The van der Waals surface area contributed by atoms with E-state index in [0.29, 0.717) is 5.82 Å². The molecule has 0 N–H and O–H groups in total. The molecular weight excluding hydrogens is 176 g/mol. The average Bonchev–Trinajstić information content (AvgIpc) is 2.64. The van der Waals surface area contributed by atoms with Gasteiger partial charge in [-0.05, 0) is 12.8 Å². The van der Waals surface area contributed by atoms with Gasteiger partial charge in [0.05, 0.1) is 0 Å². The number of hydrogen-bond donors (Lipinski definition) is 0. The summed E-state index contributed by atoms with van der Waals surface area (Å²) < 4.78 is 1.94. The molecule has 0 aliphatic carbocycles. The summed E-state index contributed by atoms with van der Waals surface area (Å²) in [5, 5.41) is 0. The molecule has 78 valence electrons. The second-order valence-corrected chi connectivity index (χ2v) is 3.62. The average molecular weight is 194 g/mol. The number of hydrogen-bond acceptors (Lipinski definition) is 2. The molecule has 1 heterocycles. The first-order valence-corrected chi connectivity index (χ1v) is 5.26. The molecule has 0 spiro atoms. The van der Waals surface area contributed by atoms with Gasteiger partial charge in [-0.1, -0.05) is 20.8 Å². The minimum absolute atomic E-state index is 0.0769. The normalized spacial score (nSPS) is 12.8. The van der Waals surface area contributed by atoms with Gasteiger partial charge < -0.3 is 4.57 Å². The summed E-state index contributed by atoms with van der Waals surface area (Å²) in [5.74, 6) is 0.847. The van der Waals surface area contributed by atoms with Gasteiger partial charge in [0.1, 0.15) is 0 Å². The Morgan fingerprint density at radius 1 is 1.57 bits per heavy atom. The standard InChI is InChI=1S/C11H18N2O/c1-4-7-13-8-6-12-11(13)10(14)9(3)5-2/h6,8-9H,4-5,7H2,1-3H3. The van der Waals surface area contributed by atoms with Crippen molar-refractivity contribution in [2.45, 2.75) is 40.2 Å². The SMILES string of the molecule is CCCn1ccnc1C(=O)C(C)CC. The summed E-state index contributed by atoms with van der Waals surface area (Å²) >= 11 is 0. The Morgan fingerprint density at radius 2 is 2.29 bits per heavy atom. The predicted molar refractivity (Wildman–Crippen MR) is 56.3 cm³/mol. The molecule has 1 unspecified atom stereocenters. The van der Waals surface area contributed by atoms with Gasteiger partial charge in [-0.15, -0.1) is 0 Å². The maximum atomic E-state index is 11.8. The molecule has 3 nitrogen and oxygen atoms in total. The molecular formula is C11H18N2O. The Balaban J connectivity index is 2.83. The molecule has 1 aromatic rings. The van der Waals surface area contributed by atoms with Gasteiger partial charge >= 0.3 is 0 Å². The number of rotatable bonds is 5. The summed E-state index contributed by atoms with van der Waals surface area (Å²) in [6, 6.07) is 0. The van der Waals surface area contributed by atoms with E-state index in [1.54, 1.807) is 6.20 Å². The molecule has 0 bridgehead atoms. The lowest BCUT2D eigenvalue weighted by atomic mass is 10.0. The topological polar surface area (TPSA) is 34.9 Å². The van der Waals surface area contributed by atoms with E-state index < -0.39 is 0 Å². The maximum absolute atomic E-state index is 11.8. The number of imidazole rings is 1. The summed E-state index contributed by atoms with van der Waals surface area (Å²) in [4.78, 5) is 16.0. The predicted octanol–water partition coefficient (Wildman–Crippen LogP) is 2.52. The van der Waals surface area contributed by atoms with E-state index in [4.69, 9.17) is 0 Å². The van der Waals surface area contributed by atoms with Crippen LogP contribution in [0.1, 0.15) is 44.2 Å². The molecule has 1 rings (SSSR count). The fraction of sp³-hybridized carbons (Fsp3) is 0.636. The van der Waals surface area contributed by atoms with Crippen molar-refractivity contribution >= 4 is 5.78 Å². The van der Waals surface area contributed by atoms with Crippen molar-refractivity contribution in [2.75, 3.05) is 0 Å². The second-order valence-electron chi connectivity index (χ2n) is 3.62. The quantitative estimate of drug-likeness (QED) is 0.675. The number of nitrogens with zero attached hydrogens (tertiary/aromatic N) is 2. The van der Waals surface area contributed by atoms with Crippen molar-refractivity contribution < 1.29 is 4.79 Å². The zero-order chi connectivity index (χ0) is 10.6. The lowest BCUT2D eigenvalue weighted by Gasteiger charge is -2.08. The molecule has 0 aromatic carbocycles. The maximum Gasteiger partial charge on any atom is 0.201 e. The summed E-state index contributed by atoms with van der Waals surface area (Å²) in [6.07, 6.45) is 5.47. The summed E-state index contributed by atoms with van der Waals surface area (Å²) in [7, 11) is 0. The van der Waals surface area contributed by atoms with Gasteiger partial charge in [0.25, 0.3) is 0 Å². The molecule has 0 fully saturated rings. The van der Waals surface area contributed by atoms with Gasteiger partial charge in [-0.3, -0.25) is 4.79 Å². The van der Waals surface area contributed by atoms with Crippen molar-refractivity contribution in [2.24, 2.45) is 5.92 Å². The Bertz CT molecular complexity index is 304. The molecule has 1 atom stereocenters. The van der Waals surface area contributed by atoms with Crippen LogP contribution in [0.25, 0.3) is 0 Å². The third-order valence-electron chi connectivity index (χ3n) is 2.46. The van der Waals surface area contributed by atoms with Crippen LogP contribution in [0.2, 0.25) is 0 Å². The minimum atomic E-state index is 0.0769. The van der Waals surface area contributed by atoms with Crippen LogP contribution in [0, 0.1) is 5.92 Å². The molecule has 0 aliphatic rings. The molecule has 3 heteroatoms. The van der Waals surface area contributed by atoms with E-state index in [1.165, 1.54) is 0 Å². The molecule has 0 saturated carbocycles. The monoisotopic (exact) mass is 194 g/mol. The van der Waals surface area contributed by atoms with E-state index in [2.05, 4.69) is 11.9 Å². The fourth-order valence-corrected chi connectivity index (χ4v) is 1.36. The zero-order valence-corrected chi connectivity index (χ0v) is 9.16. The summed E-state index contributed by atoms with van der Waals surface area (Å²) in [6.45, 7) is 6.94. The lowest BCUT2D eigenvalue weighted by molar-refractivity contribution is 0.0912. The first-order valence-electron chi connectivity index (χ1n) is 5.26. The van der Waals surface area contributed by atoms with Crippen molar-refractivity contribution in [3.05, 3.63) is 18.2 Å². The molecule has 0 amide bonds. The molecule has 0 saturated heterocycles. The van der Waals surface area contributed by atoms with Crippen LogP contribution in [-0.4, -0.2) is 15.3 Å². The van der Waals surface area contributed by atoms with Crippen LogP contribution < -0.4 is 0 Å². The van der Waals surface area contributed by atoms with Gasteiger partial charge in [0.15, 0.2) is 5.82 Å². The van der Waals surface area contributed by atoms with Crippen molar-refractivity contribution in [3.8, 4) is 0 Å². The number of aryl methyl sites for hydroxylation is 1. The smallest absolute Gasteiger partial charge is 0.201 e. The van der Waals surface area contributed by atoms with Gasteiger partial charge in [-0.25, -0.2) is 4.98 Å². The number of Topliss-reactive ketones (excluding diaryl/α,β-unsaturated/α-hetero) is 1. The number of carbonyl (C=O) groups excluding carboxylic acids is 1. The molecule has 14 heavy (non-hydrogen) atoms. The Morgan fingerprint density at radius 3 is 2.86 bits per heavy atom. The highest BCUT2D eigenvalue weighted by Gasteiger charge is 2.17. The number of ketones is 1. The highest BCUT2D eigenvalue weighted by molar-refractivity contribution is 5.94. The van der Waals surface area contributed by atoms with Crippen molar-refractivity contribution in [3.63, 3.8) is 0 Å². The third-order valence-corrected chi connectivity index (χ3v) is 2.46. The highest BCUT2D eigenvalue weighted by Crippen LogP contribution is 2.10. The summed E-state index contributed by atoms with van der Waals surface area (Å²) in [5.41, 5.74) is 0. The number of aromatic nitrogens is 2. The van der Waals surface area contributed by atoms with Crippen LogP contribution in [0.5, 0.6) is 0 Å². The zero-order valence-electron chi connectivity index (χ0n) is 9.16. The Hall–Kier alpha value is -1.12. The van der Waals surface area contributed by atoms with E-state index >= 15 is 0 Å². The van der Waals surface area contributed by atoms with Crippen LogP contribution >= 0.6 is 0 Å². The first kappa shape index (κ1) is 11.0. The van der Waals surface area contributed by atoms with Gasteiger partial charge in [0.2, 0.25) is 5.78 Å². The Labute approximate surface area is 85.2 Å². The van der Waals surface area contributed by atoms with E-state index in [9.17, 15) is 4.79 Å². The molecule has 0 radical (unpaired) electrons. The fourth-order valence-electron chi connectivity index (χ4n) is 1.36. The second kappa shape index (κ2) is 4.94. The van der Waals surface area contributed by atoms with E-state index in [-0.39, 0.29) is 11.7 Å². The van der Waals surface area contributed by atoms with Crippen LogP contribution in [0.4, 0.5) is 0 Å². The van der Waals surface area contributed by atoms with E-state index in [1.807, 2.05) is 24.6 Å². The minimum Gasteiger partial charge on any atom is -0.329 e. The van der Waals surface area contributed by atoms with Crippen LogP contribution in [-0.2, 0) is 6.54 Å². The first-order chi connectivity index (χ1) is 6.70. The van der Waals surface area contributed by atoms with Gasteiger partial charge in [-0.2, -0.15) is 0 Å². The van der Waals surface area contributed by atoms with Crippen molar-refractivity contribution in [1.29, 1.82) is 0 Å². The third kappa shape index (κ3) is 2.22. The Kier molecular flexibility index (Phi) is 3.86. The number of carbonyl (C=O) groups is 1. The lowest BCUT2D eigenvalue weighted by Crippen LogP contribution is -2.16. The van der Waals surface area contributed by atoms with Crippen molar-refractivity contribution in [1.82, 2.24) is 9.55 Å². The van der Waals surface area contributed by atoms with Crippen LogP contribution in [0.3, 0.4) is 0 Å². The molecule has 1 aromatic heterocycles. The molecule has 0 aliphatic heterocycles. The largest absolute Gasteiger partial charge is 0.329 e. The van der Waals surface area contributed by atoms with E-state index in [0.717, 1.165) is 19.4 Å². The van der Waals surface area contributed by atoms with Gasteiger partial charge in [0, 0.05) is 24.9 Å². The van der Waals surface area contributed by atoms with Crippen LogP contribution in [0.15, 0.2) is 12.4 Å².